The minimum atomic E-state index is -3.36. The topological polar surface area (TPSA) is 53.5 Å². The van der Waals surface area contributed by atoms with Crippen LogP contribution in [0.3, 0.4) is 0 Å². The summed E-state index contributed by atoms with van der Waals surface area (Å²) < 4.78 is 28.1. The van der Waals surface area contributed by atoms with Crippen LogP contribution >= 0.6 is 0 Å². The summed E-state index contributed by atoms with van der Waals surface area (Å²) >= 11 is 0. The van der Waals surface area contributed by atoms with Crippen LogP contribution in [-0.4, -0.2) is 41.6 Å². The van der Waals surface area contributed by atoms with Crippen LogP contribution in [0.15, 0.2) is 24.5 Å². The second-order valence-electron chi connectivity index (χ2n) is 5.07. The van der Waals surface area contributed by atoms with Gasteiger partial charge < -0.3 is 0 Å². The van der Waals surface area contributed by atoms with Crippen LogP contribution in [0, 0.1) is 0 Å². The van der Waals surface area contributed by atoms with E-state index in [1.807, 2.05) is 19.1 Å². The number of nitrogens with zero attached hydrogens (tertiary/aromatic N) is 3. The van der Waals surface area contributed by atoms with Crippen molar-refractivity contribution in [2.75, 3.05) is 13.6 Å². The summed E-state index contributed by atoms with van der Waals surface area (Å²) in [5.41, 5.74) is 0.950. The molecule has 1 atom stereocenters. The Hall–Kier alpha value is -0.980. The molecular formula is C13H21N3O2S. The average molecular weight is 283 g/mol. The van der Waals surface area contributed by atoms with Crippen molar-refractivity contribution >= 4 is 10.2 Å². The molecule has 19 heavy (non-hydrogen) atoms. The second kappa shape index (κ2) is 5.98. The van der Waals surface area contributed by atoms with Crippen LogP contribution in [0.1, 0.15) is 31.7 Å². The van der Waals surface area contributed by atoms with E-state index in [9.17, 15) is 8.42 Å². The number of rotatable bonds is 4. The summed E-state index contributed by atoms with van der Waals surface area (Å²) in [6.45, 7) is 3.00. The molecule has 0 radical (unpaired) electrons. The third kappa shape index (κ3) is 3.32. The van der Waals surface area contributed by atoms with Gasteiger partial charge in [0.05, 0.1) is 0 Å². The maximum atomic E-state index is 12.5. The summed E-state index contributed by atoms with van der Waals surface area (Å²) in [5.74, 6) is 0. The monoisotopic (exact) mass is 283 g/mol. The predicted molar refractivity (Wildman–Crippen MR) is 74.6 cm³/mol. The van der Waals surface area contributed by atoms with Crippen molar-refractivity contribution in [3.8, 4) is 0 Å². The maximum Gasteiger partial charge on any atom is 0.282 e. The Kier molecular flexibility index (Phi) is 4.54. The van der Waals surface area contributed by atoms with E-state index >= 15 is 0 Å². The molecule has 2 rings (SSSR count). The van der Waals surface area contributed by atoms with Crippen molar-refractivity contribution in [1.29, 1.82) is 0 Å². The van der Waals surface area contributed by atoms with Crippen LogP contribution in [0.4, 0.5) is 0 Å². The Labute approximate surface area is 115 Å². The van der Waals surface area contributed by atoms with Crippen molar-refractivity contribution in [1.82, 2.24) is 13.6 Å². The third-order valence-corrected chi connectivity index (χ3v) is 5.64. The molecule has 106 valence electrons. The Morgan fingerprint density at radius 3 is 2.68 bits per heavy atom. The van der Waals surface area contributed by atoms with E-state index in [1.165, 1.54) is 4.31 Å². The molecule has 0 unspecified atom stereocenters. The number of pyridine rings is 1. The van der Waals surface area contributed by atoms with Crippen LogP contribution in [-0.2, 0) is 16.8 Å². The maximum absolute atomic E-state index is 12.5. The lowest BCUT2D eigenvalue weighted by molar-refractivity contribution is 0.249. The van der Waals surface area contributed by atoms with Gasteiger partial charge in [-0.15, -0.1) is 0 Å². The van der Waals surface area contributed by atoms with Gasteiger partial charge in [0.1, 0.15) is 0 Å². The quantitative estimate of drug-likeness (QED) is 0.844. The number of aromatic nitrogens is 1. The van der Waals surface area contributed by atoms with Crippen LogP contribution in [0.5, 0.6) is 0 Å². The molecule has 1 aliphatic rings. The molecule has 6 heteroatoms. The molecule has 0 amide bonds. The van der Waals surface area contributed by atoms with Gasteiger partial charge in [-0.1, -0.05) is 6.42 Å². The fourth-order valence-electron chi connectivity index (χ4n) is 2.42. The first-order valence-corrected chi connectivity index (χ1v) is 8.03. The van der Waals surface area contributed by atoms with Gasteiger partial charge in [-0.3, -0.25) is 4.98 Å². The van der Waals surface area contributed by atoms with Gasteiger partial charge in [-0.25, -0.2) is 0 Å². The molecule has 0 spiro atoms. The highest BCUT2D eigenvalue weighted by molar-refractivity contribution is 7.86. The lowest BCUT2D eigenvalue weighted by Crippen LogP contribution is -2.48. The van der Waals surface area contributed by atoms with Gasteiger partial charge in [-0.05, 0) is 37.5 Å². The summed E-state index contributed by atoms with van der Waals surface area (Å²) in [6.07, 6.45) is 6.37. The molecule has 0 saturated carbocycles. The lowest BCUT2D eigenvalue weighted by atomic mass is 10.1. The van der Waals surface area contributed by atoms with E-state index in [0.717, 1.165) is 24.8 Å². The minimum absolute atomic E-state index is 0.0960. The molecule has 5 nitrogen and oxygen atoms in total. The molecule has 2 heterocycles. The van der Waals surface area contributed by atoms with Gasteiger partial charge in [0.15, 0.2) is 0 Å². The van der Waals surface area contributed by atoms with Crippen LogP contribution < -0.4 is 0 Å². The smallest absolute Gasteiger partial charge is 0.265 e. The largest absolute Gasteiger partial charge is 0.282 e. The van der Waals surface area contributed by atoms with Gasteiger partial charge in [0.2, 0.25) is 0 Å². The highest BCUT2D eigenvalue weighted by atomic mass is 32.2. The SMILES string of the molecule is C[C@@H]1CCCCN1S(=O)(=O)N(C)Cc1ccncc1. The van der Waals surface area contributed by atoms with Crippen LogP contribution in [0.2, 0.25) is 0 Å². The van der Waals surface area contributed by atoms with Gasteiger partial charge in [0.25, 0.3) is 10.2 Å². The highest BCUT2D eigenvalue weighted by Gasteiger charge is 2.32. The summed E-state index contributed by atoms with van der Waals surface area (Å²) in [5, 5.41) is 0. The van der Waals surface area contributed by atoms with E-state index in [2.05, 4.69) is 4.98 Å². The number of piperidine rings is 1. The summed E-state index contributed by atoms with van der Waals surface area (Å²) in [7, 11) is -1.73. The fourth-order valence-corrected chi connectivity index (χ4v) is 4.01. The van der Waals surface area contributed by atoms with Crippen molar-refractivity contribution in [2.24, 2.45) is 0 Å². The van der Waals surface area contributed by atoms with Crippen molar-refractivity contribution < 1.29 is 8.42 Å². The predicted octanol–water partition coefficient (Wildman–Crippen LogP) is 1.63. The minimum Gasteiger partial charge on any atom is -0.265 e. The molecule has 0 aromatic carbocycles. The molecule has 1 fully saturated rings. The van der Waals surface area contributed by atoms with E-state index in [0.29, 0.717) is 13.1 Å². The average Bonchev–Trinajstić information content (AvgIpc) is 2.40. The van der Waals surface area contributed by atoms with E-state index < -0.39 is 10.2 Å². The molecule has 0 N–H and O–H groups in total. The zero-order valence-electron chi connectivity index (χ0n) is 11.5. The fraction of sp³-hybridized carbons (Fsp3) is 0.615. The summed E-state index contributed by atoms with van der Waals surface area (Å²) in [6, 6.07) is 3.77. The molecular weight excluding hydrogens is 262 g/mol. The first-order chi connectivity index (χ1) is 9.01. The Morgan fingerprint density at radius 1 is 1.37 bits per heavy atom. The van der Waals surface area contributed by atoms with Gasteiger partial charge in [0, 0.05) is 38.6 Å². The third-order valence-electron chi connectivity index (χ3n) is 3.59. The highest BCUT2D eigenvalue weighted by Crippen LogP contribution is 2.22. The zero-order valence-corrected chi connectivity index (χ0v) is 12.3. The van der Waals surface area contributed by atoms with Crippen molar-refractivity contribution in [2.45, 2.75) is 38.8 Å². The Morgan fingerprint density at radius 2 is 2.05 bits per heavy atom. The van der Waals surface area contributed by atoms with Crippen molar-refractivity contribution in [3.05, 3.63) is 30.1 Å². The van der Waals surface area contributed by atoms with Crippen molar-refractivity contribution in [3.63, 3.8) is 0 Å². The lowest BCUT2D eigenvalue weighted by Gasteiger charge is -2.35. The Balaban J connectivity index is 2.10. The summed E-state index contributed by atoms with van der Waals surface area (Å²) in [4.78, 5) is 3.94. The first-order valence-electron chi connectivity index (χ1n) is 6.64. The first kappa shape index (κ1) is 14.4. The normalized spacial score (nSPS) is 21.7. The molecule has 1 aromatic rings. The number of hydrogen-bond donors (Lipinski definition) is 0. The van der Waals surface area contributed by atoms with Crippen LogP contribution in [0.25, 0.3) is 0 Å². The van der Waals surface area contributed by atoms with Gasteiger partial charge in [-0.2, -0.15) is 17.0 Å². The second-order valence-corrected chi connectivity index (χ2v) is 7.06. The molecule has 0 bridgehead atoms. The van der Waals surface area contributed by atoms with E-state index in [-0.39, 0.29) is 6.04 Å². The molecule has 0 aliphatic carbocycles. The standard InChI is InChI=1S/C13H21N3O2S/c1-12-5-3-4-10-16(12)19(17,18)15(2)11-13-6-8-14-9-7-13/h6-9,12H,3-5,10-11H2,1-2H3/t12-/m1/s1. The molecule has 1 aromatic heterocycles. The molecule has 1 saturated heterocycles. The zero-order chi connectivity index (χ0) is 13.9. The van der Waals surface area contributed by atoms with E-state index in [4.69, 9.17) is 0 Å². The molecule has 1 aliphatic heterocycles. The van der Waals surface area contributed by atoms with E-state index in [1.54, 1.807) is 23.7 Å². The number of hydrogen-bond acceptors (Lipinski definition) is 3. The van der Waals surface area contributed by atoms with Gasteiger partial charge >= 0.3 is 0 Å². The Bertz CT molecular complexity index is 504.